The normalized spacial score (nSPS) is 16.8. The van der Waals surface area contributed by atoms with Gasteiger partial charge in [-0.15, -0.1) is 10.2 Å². The van der Waals surface area contributed by atoms with E-state index in [9.17, 15) is 4.39 Å². The van der Waals surface area contributed by atoms with Crippen molar-refractivity contribution in [3.63, 3.8) is 0 Å². The summed E-state index contributed by atoms with van der Waals surface area (Å²) in [7, 11) is 0. The van der Waals surface area contributed by atoms with E-state index in [1.165, 1.54) is 6.07 Å². The van der Waals surface area contributed by atoms with Crippen LogP contribution in [0.3, 0.4) is 0 Å². The van der Waals surface area contributed by atoms with Gasteiger partial charge in [0.2, 0.25) is 0 Å². The first kappa shape index (κ1) is 19.0. The molecule has 0 fully saturated rings. The number of fused-ring (bicyclic) bond motifs is 3. The summed E-state index contributed by atoms with van der Waals surface area (Å²) in [5, 5.41) is 11.9. The summed E-state index contributed by atoms with van der Waals surface area (Å²) < 4.78 is 28.7. The fraction of sp³-hybridized carbons (Fsp3) is 0.292. The molecule has 0 unspecified atom stereocenters. The lowest BCUT2D eigenvalue weighted by atomic mass is 9.96. The predicted molar refractivity (Wildman–Crippen MR) is 118 cm³/mol. The van der Waals surface area contributed by atoms with Crippen molar-refractivity contribution in [3.05, 3.63) is 65.0 Å². The molecule has 162 valence electrons. The van der Waals surface area contributed by atoms with Gasteiger partial charge in [0.15, 0.2) is 17.2 Å². The molecule has 0 bridgehead atoms. The largest absolute Gasteiger partial charge is 0.493 e. The maximum absolute atomic E-state index is 14.7. The third-order valence-corrected chi connectivity index (χ3v) is 6.34. The molecular formula is C24H22FN5O2. The van der Waals surface area contributed by atoms with Crippen molar-refractivity contribution < 1.29 is 13.9 Å². The second-order valence-corrected chi connectivity index (χ2v) is 8.25. The molecule has 0 saturated carbocycles. The van der Waals surface area contributed by atoms with E-state index in [-0.39, 0.29) is 11.7 Å². The van der Waals surface area contributed by atoms with Crippen molar-refractivity contribution in [1.82, 2.24) is 19.6 Å². The monoisotopic (exact) mass is 431 g/mol. The Morgan fingerprint density at radius 1 is 1.16 bits per heavy atom. The van der Waals surface area contributed by atoms with Gasteiger partial charge in [0.1, 0.15) is 17.9 Å². The van der Waals surface area contributed by atoms with E-state index in [0.717, 1.165) is 40.1 Å². The molecule has 6 rings (SSSR count). The standard InChI is InChI=1S/C24H22FN5O2/c1-3-15-6-13(2)17(8-26-15)16-7-21-24(30-12-28-29-23(16)30)27-9-18-19(25)4-5-20-22(18)14(10-31-20)11-32-21/h4-8,12,14,27H,3,9-11H2,1-2H3/t14-/m0/s1. The number of rotatable bonds is 2. The molecule has 32 heavy (non-hydrogen) atoms. The quantitative estimate of drug-likeness (QED) is 0.511. The van der Waals surface area contributed by atoms with E-state index in [1.807, 2.05) is 16.7 Å². The van der Waals surface area contributed by atoms with Crippen LogP contribution in [0.5, 0.6) is 11.5 Å². The molecule has 0 saturated heterocycles. The smallest absolute Gasteiger partial charge is 0.170 e. The molecule has 7 nitrogen and oxygen atoms in total. The summed E-state index contributed by atoms with van der Waals surface area (Å²) >= 11 is 0. The SMILES string of the molecule is CCc1cc(C)c(-c2cc3c(n4cnnc24)NCc2c(F)ccc4c2[C@@H](CO4)CO3)cn1. The van der Waals surface area contributed by atoms with Crippen LogP contribution in [-0.4, -0.2) is 32.8 Å². The third kappa shape index (κ3) is 2.82. The molecule has 1 N–H and O–H groups in total. The van der Waals surface area contributed by atoms with Crippen molar-refractivity contribution in [2.24, 2.45) is 0 Å². The number of ether oxygens (including phenoxy) is 2. The van der Waals surface area contributed by atoms with Gasteiger partial charge in [-0.25, -0.2) is 4.39 Å². The molecular weight excluding hydrogens is 409 g/mol. The van der Waals surface area contributed by atoms with Gasteiger partial charge >= 0.3 is 0 Å². The maximum atomic E-state index is 14.7. The number of aryl methyl sites for hydroxylation is 2. The number of anilines is 1. The highest BCUT2D eigenvalue weighted by Gasteiger charge is 2.31. The topological polar surface area (TPSA) is 73.6 Å². The average Bonchev–Trinajstić information content (AvgIpc) is 3.45. The lowest BCUT2D eigenvalue weighted by Crippen LogP contribution is -2.13. The van der Waals surface area contributed by atoms with E-state index in [4.69, 9.17) is 9.47 Å². The molecule has 0 aliphatic carbocycles. The lowest BCUT2D eigenvalue weighted by Gasteiger charge is -2.17. The first-order valence-corrected chi connectivity index (χ1v) is 10.8. The summed E-state index contributed by atoms with van der Waals surface area (Å²) in [6.07, 6.45) is 4.41. The first-order chi connectivity index (χ1) is 15.6. The van der Waals surface area contributed by atoms with Crippen LogP contribution in [-0.2, 0) is 13.0 Å². The molecule has 5 heterocycles. The molecule has 0 amide bonds. The minimum absolute atomic E-state index is 0.0317. The predicted octanol–water partition coefficient (Wildman–Crippen LogP) is 4.28. The maximum Gasteiger partial charge on any atom is 0.170 e. The zero-order valence-corrected chi connectivity index (χ0v) is 17.9. The summed E-state index contributed by atoms with van der Waals surface area (Å²) in [6.45, 7) is 5.33. The van der Waals surface area contributed by atoms with Crippen molar-refractivity contribution in [2.45, 2.75) is 32.7 Å². The van der Waals surface area contributed by atoms with Gasteiger partial charge < -0.3 is 14.8 Å². The van der Waals surface area contributed by atoms with Crippen molar-refractivity contribution in [3.8, 4) is 22.6 Å². The molecule has 1 aromatic carbocycles. The van der Waals surface area contributed by atoms with E-state index < -0.39 is 0 Å². The van der Waals surface area contributed by atoms with Gasteiger partial charge in [0.25, 0.3) is 0 Å². The Kier molecular flexibility index (Phi) is 4.28. The Hall–Kier alpha value is -3.68. The van der Waals surface area contributed by atoms with Crippen molar-refractivity contribution in [2.75, 3.05) is 18.5 Å². The molecule has 4 aromatic rings. The van der Waals surface area contributed by atoms with Gasteiger partial charge in [-0.3, -0.25) is 9.38 Å². The first-order valence-electron chi connectivity index (χ1n) is 10.8. The van der Waals surface area contributed by atoms with Gasteiger partial charge in [-0.2, -0.15) is 0 Å². The number of nitrogens with zero attached hydrogens (tertiary/aromatic N) is 4. The van der Waals surface area contributed by atoms with Crippen LogP contribution in [0.4, 0.5) is 10.2 Å². The molecule has 1 atom stereocenters. The van der Waals surface area contributed by atoms with Crippen LogP contribution in [0.2, 0.25) is 0 Å². The van der Waals surface area contributed by atoms with E-state index in [0.29, 0.717) is 42.5 Å². The molecule has 8 heteroatoms. The summed E-state index contributed by atoms with van der Waals surface area (Å²) in [5.41, 5.74) is 6.22. The number of hydrogen-bond donors (Lipinski definition) is 1. The highest BCUT2D eigenvalue weighted by molar-refractivity contribution is 5.83. The Balaban J connectivity index is 1.51. The number of halogens is 1. The molecule has 2 aliphatic heterocycles. The van der Waals surface area contributed by atoms with Crippen LogP contribution in [0.1, 0.15) is 35.2 Å². The zero-order valence-electron chi connectivity index (χ0n) is 17.9. The second kappa shape index (κ2) is 7.19. The van der Waals surface area contributed by atoms with Gasteiger partial charge in [0.05, 0.1) is 19.1 Å². The number of benzene rings is 1. The average molecular weight is 431 g/mol. The minimum Gasteiger partial charge on any atom is -0.493 e. The van der Waals surface area contributed by atoms with Crippen LogP contribution in [0.15, 0.2) is 36.8 Å². The Morgan fingerprint density at radius 3 is 2.81 bits per heavy atom. The number of pyridine rings is 2. The van der Waals surface area contributed by atoms with Gasteiger partial charge in [-0.05, 0) is 43.2 Å². The fourth-order valence-corrected chi connectivity index (χ4v) is 4.67. The third-order valence-electron chi connectivity index (χ3n) is 6.34. The zero-order chi connectivity index (χ0) is 21.8. The molecule has 0 radical (unpaired) electrons. The van der Waals surface area contributed by atoms with E-state index >= 15 is 0 Å². The van der Waals surface area contributed by atoms with E-state index in [2.05, 4.69) is 40.4 Å². The number of aromatic nitrogens is 4. The summed E-state index contributed by atoms with van der Waals surface area (Å²) in [5.74, 6) is 1.81. The highest BCUT2D eigenvalue weighted by Crippen LogP contribution is 2.42. The van der Waals surface area contributed by atoms with Crippen molar-refractivity contribution >= 4 is 11.5 Å². The van der Waals surface area contributed by atoms with Crippen LogP contribution >= 0.6 is 0 Å². The Labute approximate surface area is 184 Å². The van der Waals surface area contributed by atoms with Gasteiger partial charge in [-0.1, -0.05) is 6.92 Å². The fourth-order valence-electron chi connectivity index (χ4n) is 4.67. The lowest BCUT2D eigenvalue weighted by molar-refractivity contribution is 0.249. The van der Waals surface area contributed by atoms with Crippen LogP contribution in [0, 0.1) is 12.7 Å². The summed E-state index contributed by atoms with van der Waals surface area (Å²) in [6, 6.07) is 7.24. The van der Waals surface area contributed by atoms with Crippen molar-refractivity contribution in [1.29, 1.82) is 0 Å². The highest BCUT2D eigenvalue weighted by atomic mass is 19.1. The Bertz CT molecular complexity index is 1370. The molecule has 3 aromatic heterocycles. The minimum atomic E-state index is -0.246. The number of hydrogen-bond acceptors (Lipinski definition) is 6. The second-order valence-electron chi connectivity index (χ2n) is 8.25. The van der Waals surface area contributed by atoms with Crippen LogP contribution < -0.4 is 14.8 Å². The number of nitrogens with one attached hydrogen (secondary N) is 1. The molecule has 0 spiro atoms. The summed E-state index contributed by atoms with van der Waals surface area (Å²) in [4.78, 5) is 4.58. The molecule has 2 aliphatic rings. The van der Waals surface area contributed by atoms with Crippen LogP contribution in [0.25, 0.3) is 16.8 Å². The van der Waals surface area contributed by atoms with E-state index in [1.54, 1.807) is 12.4 Å². The Morgan fingerprint density at radius 2 is 2.00 bits per heavy atom. The van der Waals surface area contributed by atoms with Gasteiger partial charge in [0, 0.05) is 40.7 Å².